The molecule has 0 unspecified atom stereocenters. The predicted octanol–water partition coefficient (Wildman–Crippen LogP) is 3.93. The Labute approximate surface area is 222 Å². The lowest BCUT2D eigenvalue weighted by molar-refractivity contribution is -0.163. The van der Waals surface area contributed by atoms with Crippen molar-refractivity contribution in [2.75, 3.05) is 6.61 Å². The molecule has 1 aromatic carbocycles. The molecule has 0 amide bonds. The third-order valence-corrected chi connectivity index (χ3v) is 11.1. The maximum absolute atomic E-state index is 13.3. The first-order valence-electron chi connectivity index (χ1n) is 14.1. The summed E-state index contributed by atoms with van der Waals surface area (Å²) in [6, 6.07) is 8.18. The van der Waals surface area contributed by atoms with Crippen LogP contribution in [0.5, 0.6) is 0 Å². The van der Waals surface area contributed by atoms with E-state index in [0.717, 1.165) is 36.0 Å². The third kappa shape index (κ3) is 2.52. The maximum atomic E-state index is 13.3. The zero-order valence-corrected chi connectivity index (χ0v) is 22.3. The van der Waals surface area contributed by atoms with E-state index in [2.05, 4.69) is 39.8 Å². The summed E-state index contributed by atoms with van der Waals surface area (Å²) in [7, 11) is 0. The number of rotatable bonds is 5. The summed E-state index contributed by atoms with van der Waals surface area (Å²) in [5, 5.41) is 0. The van der Waals surface area contributed by atoms with Gasteiger partial charge < -0.3 is 23.7 Å². The van der Waals surface area contributed by atoms with Gasteiger partial charge in [-0.05, 0) is 60.3 Å². The summed E-state index contributed by atoms with van der Waals surface area (Å²) in [5.74, 6) is -0.282. The van der Waals surface area contributed by atoms with Crippen molar-refractivity contribution in [2.45, 2.75) is 94.6 Å². The minimum Gasteiger partial charge on any atom is -0.458 e. The van der Waals surface area contributed by atoms with E-state index in [1.807, 2.05) is 12.1 Å². The fourth-order valence-corrected chi connectivity index (χ4v) is 9.03. The van der Waals surface area contributed by atoms with E-state index >= 15 is 0 Å². The van der Waals surface area contributed by atoms with Crippen LogP contribution in [0.3, 0.4) is 0 Å². The SMILES string of the molecule is CCc1ccc(/C=C/C(=O)O[C@@H]2[C@@]3(C(C)C)O[C@H]3[C@@H]3O[C@]34[C@]23O[C@H]3C[C@H]2C3=C(CC[C@@]24C)C(=O)OC3)cc1. The van der Waals surface area contributed by atoms with Crippen LogP contribution < -0.4 is 0 Å². The van der Waals surface area contributed by atoms with E-state index in [1.165, 1.54) is 11.6 Å². The fraction of sp³-hybridized carbons (Fsp3) is 0.613. The zero-order valence-electron chi connectivity index (χ0n) is 22.3. The Balaban J connectivity index is 1.14. The molecule has 9 atom stereocenters. The van der Waals surface area contributed by atoms with Crippen molar-refractivity contribution in [1.29, 1.82) is 0 Å². The minimum atomic E-state index is -0.728. The lowest BCUT2D eigenvalue weighted by Gasteiger charge is -2.53. The van der Waals surface area contributed by atoms with E-state index in [0.29, 0.717) is 13.0 Å². The smallest absolute Gasteiger partial charge is 0.334 e. The molecule has 200 valence electrons. The van der Waals surface area contributed by atoms with Crippen LogP contribution in [0, 0.1) is 17.3 Å². The number of cyclic esters (lactones) is 1. The van der Waals surface area contributed by atoms with Crippen molar-refractivity contribution in [3.63, 3.8) is 0 Å². The topological polar surface area (TPSA) is 90.2 Å². The highest BCUT2D eigenvalue weighted by Gasteiger charge is 3.01. The van der Waals surface area contributed by atoms with E-state index in [1.54, 1.807) is 6.08 Å². The van der Waals surface area contributed by atoms with Gasteiger partial charge in [0.05, 0.1) is 6.10 Å². The molecule has 1 aromatic rings. The zero-order chi connectivity index (χ0) is 26.2. The molecule has 7 heteroatoms. The van der Waals surface area contributed by atoms with Gasteiger partial charge in [0.25, 0.3) is 0 Å². The first kappa shape index (κ1) is 23.4. The van der Waals surface area contributed by atoms with Gasteiger partial charge in [0.1, 0.15) is 30.0 Å². The first-order valence-corrected chi connectivity index (χ1v) is 14.1. The normalized spacial score (nSPS) is 46.9. The summed E-state index contributed by atoms with van der Waals surface area (Å²) in [6.45, 7) is 9.03. The van der Waals surface area contributed by atoms with Gasteiger partial charge in [0.15, 0.2) is 11.7 Å². The average molecular weight is 519 g/mol. The summed E-state index contributed by atoms with van der Waals surface area (Å²) in [5.41, 5.74) is 2.00. The van der Waals surface area contributed by atoms with E-state index in [9.17, 15) is 9.59 Å². The molecule has 7 nitrogen and oxygen atoms in total. The Kier molecular flexibility index (Phi) is 4.42. The van der Waals surface area contributed by atoms with Crippen LogP contribution in [0.2, 0.25) is 0 Å². The van der Waals surface area contributed by atoms with Crippen molar-refractivity contribution >= 4 is 18.0 Å². The van der Waals surface area contributed by atoms with Gasteiger partial charge in [-0.15, -0.1) is 0 Å². The Morgan fingerprint density at radius 1 is 1.16 bits per heavy atom. The predicted molar refractivity (Wildman–Crippen MR) is 136 cm³/mol. The van der Waals surface area contributed by atoms with E-state index in [4.69, 9.17) is 23.7 Å². The number of benzene rings is 1. The van der Waals surface area contributed by atoms with Gasteiger partial charge in [0, 0.05) is 17.1 Å². The highest BCUT2D eigenvalue weighted by atomic mass is 16.8. The monoisotopic (exact) mass is 518 g/mol. The van der Waals surface area contributed by atoms with Gasteiger partial charge in [-0.3, -0.25) is 0 Å². The summed E-state index contributed by atoms with van der Waals surface area (Å²) in [4.78, 5) is 25.7. The lowest BCUT2D eigenvalue weighted by Crippen LogP contribution is -2.70. The molecule has 2 saturated carbocycles. The summed E-state index contributed by atoms with van der Waals surface area (Å²) < 4.78 is 31.7. The number of ether oxygens (including phenoxy) is 5. The number of hydrogen-bond donors (Lipinski definition) is 0. The van der Waals surface area contributed by atoms with Crippen LogP contribution >= 0.6 is 0 Å². The first-order chi connectivity index (χ1) is 18.2. The van der Waals surface area contributed by atoms with Crippen LogP contribution in [-0.2, 0) is 39.7 Å². The summed E-state index contributed by atoms with van der Waals surface area (Å²) >= 11 is 0. The summed E-state index contributed by atoms with van der Waals surface area (Å²) in [6.07, 6.45) is 5.67. The van der Waals surface area contributed by atoms with Crippen molar-refractivity contribution in [3.8, 4) is 0 Å². The van der Waals surface area contributed by atoms with Crippen LogP contribution in [0.15, 0.2) is 41.5 Å². The average Bonchev–Trinajstić information content (AvgIpc) is 3.81. The highest BCUT2D eigenvalue weighted by molar-refractivity contribution is 5.92. The van der Waals surface area contributed by atoms with Gasteiger partial charge in [0.2, 0.25) is 0 Å². The number of aryl methyl sites for hydroxylation is 1. The number of carbonyl (C=O) groups excluding carboxylic acids is 2. The second-order valence-electron chi connectivity index (χ2n) is 12.8. The largest absolute Gasteiger partial charge is 0.458 e. The van der Waals surface area contributed by atoms with Gasteiger partial charge in [-0.2, -0.15) is 0 Å². The Bertz CT molecular complexity index is 1330. The fourth-order valence-electron chi connectivity index (χ4n) is 9.03. The molecule has 0 radical (unpaired) electrons. The van der Waals surface area contributed by atoms with E-state index < -0.39 is 28.9 Å². The minimum absolute atomic E-state index is 0.0922. The van der Waals surface area contributed by atoms with Gasteiger partial charge in [-0.1, -0.05) is 52.0 Å². The molecular weight excluding hydrogens is 484 g/mol. The molecule has 4 heterocycles. The second kappa shape index (κ2) is 7.18. The Hall–Kier alpha value is -2.48. The van der Waals surface area contributed by atoms with Crippen LogP contribution in [0.1, 0.15) is 58.1 Å². The number of hydrogen-bond acceptors (Lipinski definition) is 7. The number of carbonyl (C=O) groups is 2. The Morgan fingerprint density at radius 2 is 1.95 bits per heavy atom. The molecular formula is C31H34O7. The molecule has 5 fully saturated rings. The standard InChI is InChI=1S/C31H34O7/c1-5-17-6-8-18(9-7-17)10-11-23(32)35-27-29(16(2)3)24(37-29)25-31(38-25)28(4)13-12-19-20(15-34-26(19)33)21(28)14-22-30(27,31)36-22/h6-11,16,21-22,24-25,27H,5,12-15H2,1-4H3/b11-10+/t21-,22-,24-,25-,27+,28-,29-,30+,31+/m0/s1. The molecule has 2 spiro atoms. The molecule has 4 aliphatic heterocycles. The maximum Gasteiger partial charge on any atom is 0.334 e. The molecule has 7 aliphatic rings. The quantitative estimate of drug-likeness (QED) is 0.331. The van der Waals surface area contributed by atoms with Crippen molar-refractivity contribution in [2.24, 2.45) is 17.3 Å². The molecule has 3 aliphatic carbocycles. The Morgan fingerprint density at radius 3 is 2.68 bits per heavy atom. The molecule has 0 bridgehead atoms. The van der Waals surface area contributed by atoms with Crippen LogP contribution in [-0.4, -0.2) is 59.8 Å². The van der Waals surface area contributed by atoms with Crippen LogP contribution in [0.25, 0.3) is 6.08 Å². The van der Waals surface area contributed by atoms with Gasteiger partial charge in [-0.25, -0.2) is 9.59 Å². The molecule has 8 rings (SSSR count). The number of epoxide rings is 3. The molecule has 3 saturated heterocycles. The third-order valence-electron chi connectivity index (χ3n) is 11.1. The molecule has 38 heavy (non-hydrogen) atoms. The lowest BCUT2D eigenvalue weighted by atomic mass is 9.46. The van der Waals surface area contributed by atoms with Crippen molar-refractivity contribution in [3.05, 3.63) is 52.6 Å². The number of fused-ring (bicyclic) bond motifs is 4. The van der Waals surface area contributed by atoms with Gasteiger partial charge >= 0.3 is 11.9 Å². The molecule has 0 aromatic heterocycles. The van der Waals surface area contributed by atoms with Crippen molar-refractivity contribution in [1.82, 2.24) is 0 Å². The van der Waals surface area contributed by atoms with Crippen LogP contribution in [0.4, 0.5) is 0 Å². The second-order valence-corrected chi connectivity index (χ2v) is 12.8. The van der Waals surface area contributed by atoms with E-state index in [-0.39, 0.29) is 41.5 Å². The number of esters is 2. The highest BCUT2D eigenvalue weighted by Crippen LogP contribution is 2.83. The molecule has 0 N–H and O–H groups in total. The van der Waals surface area contributed by atoms with Crippen molar-refractivity contribution < 1.29 is 33.3 Å².